The molecule has 1 aromatic heterocycles. The van der Waals surface area contributed by atoms with Crippen LogP contribution in [-0.4, -0.2) is 44.2 Å². The number of methoxy groups -OCH3 is 1. The van der Waals surface area contributed by atoms with Crippen molar-refractivity contribution in [3.8, 4) is 0 Å². The van der Waals surface area contributed by atoms with Crippen molar-refractivity contribution in [2.24, 2.45) is 0 Å². The predicted molar refractivity (Wildman–Crippen MR) is 65.4 cm³/mol. The third-order valence-electron chi connectivity index (χ3n) is 2.64. The van der Waals surface area contributed by atoms with Gasteiger partial charge in [0.05, 0.1) is 13.7 Å². The quantitative estimate of drug-likeness (QED) is 0.819. The lowest BCUT2D eigenvalue weighted by Gasteiger charge is -2.26. The van der Waals surface area contributed by atoms with E-state index in [4.69, 9.17) is 4.42 Å². The topological polar surface area (TPSA) is 54.7 Å². The van der Waals surface area contributed by atoms with E-state index in [0.29, 0.717) is 0 Å². The van der Waals surface area contributed by atoms with Gasteiger partial charge in [-0.15, -0.1) is 12.4 Å². The van der Waals surface area contributed by atoms with Crippen molar-refractivity contribution in [1.29, 1.82) is 0 Å². The van der Waals surface area contributed by atoms with Gasteiger partial charge in [-0.3, -0.25) is 4.90 Å². The molecule has 1 aliphatic heterocycles. The van der Waals surface area contributed by atoms with E-state index in [0.717, 1.165) is 38.5 Å². The summed E-state index contributed by atoms with van der Waals surface area (Å²) in [6.45, 7) is 4.77. The summed E-state index contributed by atoms with van der Waals surface area (Å²) in [5.41, 5.74) is 0. The molecule has 96 valence electrons. The van der Waals surface area contributed by atoms with Crippen LogP contribution in [0.3, 0.4) is 0 Å². The van der Waals surface area contributed by atoms with Crippen LogP contribution in [0.4, 0.5) is 0 Å². The van der Waals surface area contributed by atoms with Crippen molar-refractivity contribution in [3.63, 3.8) is 0 Å². The van der Waals surface area contributed by atoms with Gasteiger partial charge in [0.25, 0.3) is 0 Å². The summed E-state index contributed by atoms with van der Waals surface area (Å²) in [5, 5.41) is 3.29. The van der Waals surface area contributed by atoms with Gasteiger partial charge in [0, 0.05) is 26.2 Å². The highest BCUT2D eigenvalue weighted by molar-refractivity contribution is 5.86. The molecule has 0 aliphatic carbocycles. The van der Waals surface area contributed by atoms with E-state index in [2.05, 4.69) is 15.0 Å². The number of carbonyl (C=O) groups is 1. The highest BCUT2D eigenvalue weighted by Crippen LogP contribution is 2.11. The van der Waals surface area contributed by atoms with Gasteiger partial charge in [-0.2, -0.15) is 0 Å². The Morgan fingerprint density at radius 3 is 2.82 bits per heavy atom. The largest absolute Gasteiger partial charge is 0.463 e. The Labute approximate surface area is 107 Å². The van der Waals surface area contributed by atoms with Crippen molar-refractivity contribution < 1.29 is 13.9 Å². The lowest BCUT2D eigenvalue weighted by Crippen LogP contribution is -2.42. The number of nitrogens with zero attached hydrogens (tertiary/aromatic N) is 1. The molecule has 0 bridgehead atoms. The normalized spacial score (nSPS) is 16.3. The Kier molecular flexibility index (Phi) is 5.47. The summed E-state index contributed by atoms with van der Waals surface area (Å²) in [6, 6.07) is 3.48. The molecule has 2 rings (SSSR count). The first-order valence-electron chi connectivity index (χ1n) is 5.39. The highest BCUT2D eigenvalue weighted by atomic mass is 35.5. The number of ether oxygens (including phenoxy) is 1. The average Bonchev–Trinajstić information content (AvgIpc) is 2.78. The highest BCUT2D eigenvalue weighted by Gasteiger charge is 2.14. The van der Waals surface area contributed by atoms with Gasteiger partial charge in [-0.05, 0) is 12.1 Å². The second-order valence-corrected chi connectivity index (χ2v) is 3.78. The number of nitrogens with one attached hydrogen (secondary N) is 1. The van der Waals surface area contributed by atoms with Gasteiger partial charge in [-0.25, -0.2) is 4.79 Å². The summed E-state index contributed by atoms with van der Waals surface area (Å²) in [4.78, 5) is 13.5. The zero-order valence-corrected chi connectivity index (χ0v) is 10.6. The molecule has 5 nitrogen and oxygen atoms in total. The number of halogens is 1. The van der Waals surface area contributed by atoms with Crippen LogP contribution < -0.4 is 5.32 Å². The van der Waals surface area contributed by atoms with Gasteiger partial charge < -0.3 is 14.5 Å². The molecule has 1 aliphatic rings. The number of furan rings is 1. The van der Waals surface area contributed by atoms with Crippen LogP contribution in [0.1, 0.15) is 16.3 Å². The average molecular weight is 261 g/mol. The van der Waals surface area contributed by atoms with E-state index in [-0.39, 0.29) is 18.2 Å². The minimum atomic E-state index is -0.424. The standard InChI is InChI=1S/C11H16N2O3.ClH/c1-15-11(14)10-3-2-9(16-10)8-13-6-4-12-5-7-13;/h2-3,12H,4-8H2,1H3;1H. The summed E-state index contributed by atoms with van der Waals surface area (Å²) in [6.07, 6.45) is 0. The van der Waals surface area contributed by atoms with Crippen LogP contribution in [-0.2, 0) is 11.3 Å². The Balaban J connectivity index is 0.00000144. The van der Waals surface area contributed by atoms with E-state index in [1.807, 2.05) is 6.07 Å². The molecule has 6 heteroatoms. The first-order chi connectivity index (χ1) is 7.79. The minimum Gasteiger partial charge on any atom is -0.463 e. The van der Waals surface area contributed by atoms with Crippen LogP contribution in [0.25, 0.3) is 0 Å². The van der Waals surface area contributed by atoms with Crippen molar-refractivity contribution in [2.75, 3.05) is 33.3 Å². The van der Waals surface area contributed by atoms with Crippen LogP contribution in [0, 0.1) is 0 Å². The lowest BCUT2D eigenvalue weighted by molar-refractivity contribution is 0.0561. The first kappa shape index (κ1) is 14.0. The molecule has 0 unspecified atom stereocenters. The van der Waals surface area contributed by atoms with Gasteiger partial charge in [-0.1, -0.05) is 0 Å². The van der Waals surface area contributed by atoms with Crippen LogP contribution >= 0.6 is 12.4 Å². The molecule has 0 radical (unpaired) electrons. The van der Waals surface area contributed by atoms with E-state index >= 15 is 0 Å². The predicted octanol–water partition coefficient (Wildman–Crippen LogP) is 0.893. The zero-order chi connectivity index (χ0) is 11.4. The molecular weight excluding hydrogens is 244 g/mol. The van der Waals surface area contributed by atoms with E-state index < -0.39 is 5.97 Å². The Hall–Kier alpha value is -1.04. The van der Waals surface area contributed by atoms with Crippen LogP contribution in [0.2, 0.25) is 0 Å². The molecule has 1 N–H and O–H groups in total. The lowest BCUT2D eigenvalue weighted by atomic mass is 10.3. The number of carbonyl (C=O) groups excluding carboxylic acids is 1. The molecular formula is C11H17ClN2O3. The maximum atomic E-state index is 11.2. The molecule has 0 spiro atoms. The second kappa shape index (κ2) is 6.64. The SMILES string of the molecule is COC(=O)c1ccc(CN2CCNCC2)o1.Cl. The molecule has 0 atom stereocenters. The minimum absolute atomic E-state index is 0. The first-order valence-corrected chi connectivity index (χ1v) is 5.39. The van der Waals surface area contributed by atoms with Crippen molar-refractivity contribution in [1.82, 2.24) is 10.2 Å². The van der Waals surface area contributed by atoms with Crippen LogP contribution in [0.5, 0.6) is 0 Å². The van der Waals surface area contributed by atoms with E-state index in [9.17, 15) is 4.79 Å². The smallest absolute Gasteiger partial charge is 0.373 e. The summed E-state index contributed by atoms with van der Waals surface area (Å²) in [5.74, 6) is 0.654. The summed E-state index contributed by atoms with van der Waals surface area (Å²) < 4.78 is 9.99. The maximum Gasteiger partial charge on any atom is 0.373 e. The second-order valence-electron chi connectivity index (χ2n) is 3.78. The van der Waals surface area contributed by atoms with Gasteiger partial charge >= 0.3 is 5.97 Å². The molecule has 1 aromatic rings. The molecule has 0 amide bonds. The van der Waals surface area contributed by atoms with Crippen LogP contribution in [0.15, 0.2) is 16.5 Å². The summed E-state index contributed by atoms with van der Waals surface area (Å²) >= 11 is 0. The van der Waals surface area contributed by atoms with Crippen molar-refractivity contribution in [2.45, 2.75) is 6.54 Å². The Morgan fingerprint density at radius 2 is 2.18 bits per heavy atom. The Bertz CT molecular complexity index is 361. The third kappa shape index (κ3) is 3.73. The van der Waals surface area contributed by atoms with Crippen molar-refractivity contribution >= 4 is 18.4 Å². The van der Waals surface area contributed by atoms with E-state index in [1.165, 1.54) is 7.11 Å². The zero-order valence-electron chi connectivity index (χ0n) is 9.77. The fraction of sp³-hybridized carbons (Fsp3) is 0.545. The monoisotopic (exact) mass is 260 g/mol. The summed E-state index contributed by atoms with van der Waals surface area (Å²) in [7, 11) is 1.35. The fourth-order valence-corrected chi connectivity index (χ4v) is 1.76. The molecule has 1 fully saturated rings. The fourth-order valence-electron chi connectivity index (χ4n) is 1.76. The number of piperazine rings is 1. The molecule has 0 aromatic carbocycles. The number of hydrogen-bond acceptors (Lipinski definition) is 5. The number of hydrogen-bond donors (Lipinski definition) is 1. The van der Waals surface area contributed by atoms with Gasteiger partial charge in [0.15, 0.2) is 0 Å². The maximum absolute atomic E-state index is 11.2. The molecule has 0 saturated carbocycles. The molecule has 17 heavy (non-hydrogen) atoms. The molecule has 2 heterocycles. The van der Waals surface area contributed by atoms with Crippen molar-refractivity contribution in [3.05, 3.63) is 23.7 Å². The number of esters is 1. The van der Waals surface area contributed by atoms with Gasteiger partial charge in [0.1, 0.15) is 5.76 Å². The van der Waals surface area contributed by atoms with Gasteiger partial charge in [0.2, 0.25) is 5.76 Å². The number of rotatable bonds is 3. The van der Waals surface area contributed by atoms with E-state index in [1.54, 1.807) is 6.07 Å². The Morgan fingerprint density at radius 1 is 1.47 bits per heavy atom. The molecule has 1 saturated heterocycles. The third-order valence-corrected chi connectivity index (χ3v) is 2.64.